The highest BCUT2D eigenvalue weighted by Gasteiger charge is 1.79. The molecule has 82 valence electrons. The normalized spacial score (nSPS) is 13.2. The molecule has 0 saturated carbocycles. The largest absolute Gasteiger partial charge is 0.0874 e. The van der Waals surface area contributed by atoms with E-state index in [4.69, 9.17) is 0 Å². The lowest BCUT2D eigenvalue weighted by atomic mass is 10.2. The SMILES string of the molecule is C\C=C/C(C)=C\C=C/C=C\c1ccccc1. The average Bonchev–Trinajstić information content (AvgIpc) is 2.30. The summed E-state index contributed by atoms with van der Waals surface area (Å²) in [5.41, 5.74) is 2.48. The molecule has 0 aliphatic heterocycles. The fourth-order valence-corrected chi connectivity index (χ4v) is 1.32. The van der Waals surface area contributed by atoms with Gasteiger partial charge >= 0.3 is 0 Å². The van der Waals surface area contributed by atoms with Crippen LogP contribution in [0.2, 0.25) is 0 Å². The Morgan fingerprint density at radius 1 is 1.00 bits per heavy atom. The summed E-state index contributed by atoms with van der Waals surface area (Å²) in [5.74, 6) is 0. The Balaban J connectivity index is 2.49. The van der Waals surface area contributed by atoms with Crippen LogP contribution in [0.1, 0.15) is 19.4 Å². The summed E-state index contributed by atoms with van der Waals surface area (Å²) in [4.78, 5) is 0. The van der Waals surface area contributed by atoms with Gasteiger partial charge in [0.05, 0.1) is 0 Å². The van der Waals surface area contributed by atoms with E-state index in [9.17, 15) is 0 Å². The number of hydrogen-bond acceptors (Lipinski definition) is 0. The van der Waals surface area contributed by atoms with Gasteiger partial charge in [0, 0.05) is 0 Å². The predicted molar refractivity (Wildman–Crippen MR) is 73.2 cm³/mol. The van der Waals surface area contributed by atoms with Crippen LogP contribution in [0.4, 0.5) is 0 Å². The van der Waals surface area contributed by atoms with Crippen LogP contribution in [0.25, 0.3) is 6.08 Å². The fourth-order valence-electron chi connectivity index (χ4n) is 1.32. The molecule has 0 fully saturated rings. The lowest BCUT2D eigenvalue weighted by molar-refractivity contribution is 1.50. The highest BCUT2D eigenvalue weighted by molar-refractivity contribution is 5.50. The topological polar surface area (TPSA) is 0 Å². The van der Waals surface area contributed by atoms with Crippen LogP contribution in [0.3, 0.4) is 0 Å². The average molecular weight is 210 g/mol. The molecule has 1 aromatic rings. The maximum absolute atomic E-state index is 2.09. The third kappa shape index (κ3) is 5.16. The zero-order valence-electron chi connectivity index (χ0n) is 9.93. The highest BCUT2D eigenvalue weighted by Crippen LogP contribution is 2.01. The maximum atomic E-state index is 2.09. The molecule has 0 heteroatoms. The zero-order chi connectivity index (χ0) is 11.6. The molecule has 1 rings (SSSR count). The van der Waals surface area contributed by atoms with Crippen molar-refractivity contribution in [2.75, 3.05) is 0 Å². The molecule has 0 unspecified atom stereocenters. The van der Waals surface area contributed by atoms with Gasteiger partial charge in [-0.05, 0) is 19.4 Å². The molecule has 0 aliphatic carbocycles. The summed E-state index contributed by atoms with van der Waals surface area (Å²) in [6.07, 6.45) is 14.5. The fraction of sp³-hybridized carbons (Fsp3) is 0.125. The molecule has 0 nitrogen and oxygen atoms in total. The van der Waals surface area contributed by atoms with Gasteiger partial charge in [-0.15, -0.1) is 0 Å². The van der Waals surface area contributed by atoms with E-state index in [-0.39, 0.29) is 0 Å². The lowest BCUT2D eigenvalue weighted by Gasteiger charge is -1.88. The van der Waals surface area contributed by atoms with Crippen LogP contribution in [-0.4, -0.2) is 0 Å². The van der Waals surface area contributed by atoms with Gasteiger partial charge < -0.3 is 0 Å². The van der Waals surface area contributed by atoms with Crippen molar-refractivity contribution in [1.29, 1.82) is 0 Å². The van der Waals surface area contributed by atoms with Crippen LogP contribution < -0.4 is 0 Å². The molecule has 1 aromatic carbocycles. The van der Waals surface area contributed by atoms with Crippen LogP contribution in [0.5, 0.6) is 0 Å². The minimum absolute atomic E-state index is 1.22. The molecule has 0 aliphatic rings. The second-order valence-corrected chi connectivity index (χ2v) is 3.57. The number of rotatable bonds is 4. The molecule has 0 bridgehead atoms. The first-order valence-corrected chi connectivity index (χ1v) is 5.52. The Bertz CT molecular complexity index is 403. The van der Waals surface area contributed by atoms with E-state index >= 15 is 0 Å². The lowest BCUT2D eigenvalue weighted by Crippen LogP contribution is -1.67. The van der Waals surface area contributed by atoms with E-state index in [0.717, 1.165) is 0 Å². The maximum Gasteiger partial charge on any atom is -0.0257 e. The molecule has 0 heterocycles. The van der Waals surface area contributed by atoms with Gasteiger partial charge in [-0.3, -0.25) is 0 Å². The van der Waals surface area contributed by atoms with E-state index in [2.05, 4.69) is 49.4 Å². The Morgan fingerprint density at radius 2 is 1.75 bits per heavy atom. The first kappa shape index (κ1) is 12.3. The standard InChI is InChI=1S/C16H18/c1-3-10-15(2)11-6-4-7-12-16-13-8-5-9-14-16/h3-14H,1-2H3/b6-4-,10-3-,12-7-,15-11-. The molecule has 0 spiro atoms. The van der Waals surface area contributed by atoms with Gasteiger partial charge in [0.25, 0.3) is 0 Å². The van der Waals surface area contributed by atoms with Crippen LogP contribution >= 0.6 is 0 Å². The van der Waals surface area contributed by atoms with Gasteiger partial charge in [0.2, 0.25) is 0 Å². The van der Waals surface area contributed by atoms with Gasteiger partial charge in [-0.2, -0.15) is 0 Å². The molecule has 0 radical (unpaired) electrons. The number of hydrogen-bond donors (Lipinski definition) is 0. The van der Waals surface area contributed by atoms with Crippen LogP contribution in [0.15, 0.2) is 72.4 Å². The quantitative estimate of drug-likeness (QED) is 0.627. The summed E-state index contributed by atoms with van der Waals surface area (Å²) in [7, 11) is 0. The molecular weight excluding hydrogens is 192 g/mol. The number of benzene rings is 1. The Kier molecular flexibility index (Phi) is 5.72. The molecule has 0 N–H and O–H groups in total. The number of allylic oxidation sites excluding steroid dienone is 7. The van der Waals surface area contributed by atoms with E-state index in [0.29, 0.717) is 0 Å². The predicted octanol–water partition coefficient (Wildman–Crippen LogP) is 4.78. The van der Waals surface area contributed by atoms with E-state index in [1.54, 1.807) is 0 Å². The molecule has 0 saturated heterocycles. The van der Waals surface area contributed by atoms with Gasteiger partial charge in [-0.25, -0.2) is 0 Å². The van der Waals surface area contributed by atoms with E-state index in [1.807, 2.05) is 37.3 Å². The van der Waals surface area contributed by atoms with E-state index < -0.39 is 0 Å². The Labute approximate surface area is 98.3 Å². The summed E-state index contributed by atoms with van der Waals surface area (Å²) in [6.45, 7) is 4.11. The van der Waals surface area contributed by atoms with Crippen molar-refractivity contribution >= 4 is 6.08 Å². The second-order valence-electron chi connectivity index (χ2n) is 3.57. The van der Waals surface area contributed by atoms with Crippen molar-refractivity contribution < 1.29 is 0 Å². The van der Waals surface area contributed by atoms with Gasteiger partial charge in [0.15, 0.2) is 0 Å². The molecular formula is C16H18. The highest BCUT2D eigenvalue weighted by atomic mass is 13.9. The first-order valence-electron chi connectivity index (χ1n) is 5.52. The van der Waals surface area contributed by atoms with Crippen LogP contribution in [0, 0.1) is 0 Å². The monoisotopic (exact) mass is 210 g/mol. The molecule has 0 aromatic heterocycles. The minimum Gasteiger partial charge on any atom is -0.0874 e. The van der Waals surface area contributed by atoms with Crippen molar-refractivity contribution in [2.45, 2.75) is 13.8 Å². The van der Waals surface area contributed by atoms with Crippen molar-refractivity contribution in [3.8, 4) is 0 Å². The smallest absolute Gasteiger partial charge is 0.0257 e. The summed E-state index contributed by atoms with van der Waals surface area (Å²) in [5, 5.41) is 0. The molecule has 16 heavy (non-hydrogen) atoms. The Morgan fingerprint density at radius 3 is 2.44 bits per heavy atom. The Hall–Kier alpha value is -1.82. The summed E-state index contributed by atoms with van der Waals surface area (Å²) >= 11 is 0. The third-order valence-electron chi connectivity index (χ3n) is 2.10. The van der Waals surface area contributed by atoms with Crippen molar-refractivity contribution in [3.05, 3.63) is 77.9 Å². The molecule has 0 amide bonds. The minimum atomic E-state index is 1.22. The van der Waals surface area contributed by atoms with Crippen molar-refractivity contribution in [2.24, 2.45) is 0 Å². The van der Waals surface area contributed by atoms with Gasteiger partial charge in [-0.1, -0.05) is 78.4 Å². The second kappa shape index (κ2) is 7.47. The summed E-state index contributed by atoms with van der Waals surface area (Å²) < 4.78 is 0. The van der Waals surface area contributed by atoms with E-state index in [1.165, 1.54) is 11.1 Å². The molecule has 0 atom stereocenters. The third-order valence-corrected chi connectivity index (χ3v) is 2.10. The van der Waals surface area contributed by atoms with Crippen molar-refractivity contribution in [1.82, 2.24) is 0 Å². The van der Waals surface area contributed by atoms with Crippen LogP contribution in [-0.2, 0) is 0 Å². The summed E-state index contributed by atoms with van der Waals surface area (Å²) in [6, 6.07) is 10.3. The first-order chi connectivity index (χ1) is 7.83. The zero-order valence-corrected chi connectivity index (χ0v) is 9.93. The van der Waals surface area contributed by atoms with Gasteiger partial charge in [0.1, 0.15) is 0 Å². The van der Waals surface area contributed by atoms with Crippen molar-refractivity contribution in [3.63, 3.8) is 0 Å².